The second kappa shape index (κ2) is 11.0. The molecular weight excluding hydrogens is 386 g/mol. The van der Waals surface area contributed by atoms with Crippen molar-refractivity contribution in [1.29, 1.82) is 0 Å². The molecular formula is C21H31N5O2S. The Morgan fingerprint density at radius 1 is 1.17 bits per heavy atom. The molecule has 8 heteroatoms. The second-order valence-electron chi connectivity index (χ2n) is 7.68. The van der Waals surface area contributed by atoms with E-state index in [0.29, 0.717) is 16.8 Å². The molecule has 0 aliphatic heterocycles. The lowest BCUT2D eigenvalue weighted by molar-refractivity contribution is -0.119. The normalized spacial score (nSPS) is 12.1. The van der Waals surface area contributed by atoms with E-state index in [2.05, 4.69) is 34.7 Å². The van der Waals surface area contributed by atoms with Gasteiger partial charge in [0.1, 0.15) is 5.82 Å². The number of benzene rings is 1. The summed E-state index contributed by atoms with van der Waals surface area (Å²) in [5.74, 6) is 1.54. The average Bonchev–Trinajstić information content (AvgIpc) is 3.00. The number of nitrogens with one attached hydrogen (secondary N) is 2. The Morgan fingerprint density at radius 3 is 2.62 bits per heavy atom. The van der Waals surface area contributed by atoms with E-state index in [9.17, 15) is 9.59 Å². The van der Waals surface area contributed by atoms with Gasteiger partial charge in [0.2, 0.25) is 11.8 Å². The maximum absolute atomic E-state index is 12.3. The van der Waals surface area contributed by atoms with E-state index in [4.69, 9.17) is 0 Å². The predicted molar refractivity (Wildman–Crippen MR) is 117 cm³/mol. The summed E-state index contributed by atoms with van der Waals surface area (Å²) in [5.41, 5.74) is 1.54. The minimum absolute atomic E-state index is 0.00810. The van der Waals surface area contributed by atoms with Crippen LogP contribution in [0.5, 0.6) is 0 Å². The van der Waals surface area contributed by atoms with Crippen LogP contribution in [0.25, 0.3) is 5.69 Å². The fraction of sp³-hybridized carbons (Fsp3) is 0.524. The van der Waals surface area contributed by atoms with Gasteiger partial charge in [-0.05, 0) is 44.4 Å². The SMILES string of the molecule is CC(=O)Nc1cccc(-n2c(C)nnc2SCC(=O)NC(C)CCCC(C)C)c1. The zero-order chi connectivity index (χ0) is 21.4. The summed E-state index contributed by atoms with van der Waals surface area (Å²) in [6.45, 7) is 9.80. The molecule has 1 aromatic heterocycles. The Morgan fingerprint density at radius 2 is 1.93 bits per heavy atom. The Hall–Kier alpha value is -2.35. The zero-order valence-corrected chi connectivity index (χ0v) is 18.7. The van der Waals surface area contributed by atoms with Gasteiger partial charge in [-0.2, -0.15) is 0 Å². The van der Waals surface area contributed by atoms with E-state index < -0.39 is 0 Å². The van der Waals surface area contributed by atoms with E-state index >= 15 is 0 Å². The molecule has 2 rings (SSSR count). The van der Waals surface area contributed by atoms with Crippen LogP contribution < -0.4 is 10.6 Å². The first-order valence-electron chi connectivity index (χ1n) is 9.98. The standard InChI is InChI=1S/C21H31N5O2S/c1-14(2)8-6-9-15(3)22-20(28)13-29-21-25-24-16(4)26(21)19-11-7-10-18(12-19)23-17(5)27/h7,10-12,14-15H,6,8-9,13H2,1-5H3,(H,22,28)(H,23,27). The van der Waals surface area contributed by atoms with Crippen molar-refractivity contribution < 1.29 is 9.59 Å². The molecule has 0 radical (unpaired) electrons. The molecule has 0 fully saturated rings. The van der Waals surface area contributed by atoms with Gasteiger partial charge >= 0.3 is 0 Å². The van der Waals surface area contributed by atoms with Gasteiger partial charge in [-0.15, -0.1) is 10.2 Å². The van der Waals surface area contributed by atoms with Crippen LogP contribution in [-0.2, 0) is 9.59 Å². The van der Waals surface area contributed by atoms with E-state index in [1.54, 1.807) is 0 Å². The van der Waals surface area contributed by atoms with Gasteiger partial charge < -0.3 is 10.6 Å². The molecule has 0 aliphatic rings. The first-order chi connectivity index (χ1) is 13.8. The fourth-order valence-corrected chi connectivity index (χ4v) is 3.82. The third-order valence-electron chi connectivity index (χ3n) is 4.38. The van der Waals surface area contributed by atoms with Gasteiger partial charge in [0.05, 0.1) is 11.4 Å². The number of aromatic nitrogens is 3. The lowest BCUT2D eigenvalue weighted by atomic mass is 10.0. The van der Waals surface area contributed by atoms with Gasteiger partial charge in [0.15, 0.2) is 5.16 Å². The van der Waals surface area contributed by atoms with Gasteiger partial charge in [0.25, 0.3) is 0 Å². The number of thioether (sulfide) groups is 1. The first kappa shape index (κ1) is 22.9. The molecule has 29 heavy (non-hydrogen) atoms. The number of nitrogens with zero attached hydrogens (tertiary/aromatic N) is 3. The molecule has 0 saturated carbocycles. The van der Waals surface area contributed by atoms with Crippen molar-refractivity contribution in [2.75, 3.05) is 11.1 Å². The topological polar surface area (TPSA) is 88.9 Å². The lowest BCUT2D eigenvalue weighted by Gasteiger charge is -2.14. The molecule has 2 amide bonds. The maximum Gasteiger partial charge on any atom is 0.230 e. The van der Waals surface area contributed by atoms with Crippen LogP contribution in [-0.4, -0.2) is 38.4 Å². The zero-order valence-electron chi connectivity index (χ0n) is 17.9. The number of rotatable bonds is 10. The van der Waals surface area contributed by atoms with Crippen molar-refractivity contribution in [1.82, 2.24) is 20.1 Å². The summed E-state index contributed by atoms with van der Waals surface area (Å²) in [6, 6.07) is 7.63. The summed E-state index contributed by atoms with van der Waals surface area (Å²) in [4.78, 5) is 23.6. The molecule has 1 unspecified atom stereocenters. The van der Waals surface area contributed by atoms with Gasteiger partial charge in [0, 0.05) is 18.7 Å². The summed E-state index contributed by atoms with van der Waals surface area (Å²) in [6.07, 6.45) is 3.28. The highest BCUT2D eigenvalue weighted by atomic mass is 32.2. The molecule has 1 atom stereocenters. The minimum Gasteiger partial charge on any atom is -0.353 e. The fourth-order valence-electron chi connectivity index (χ4n) is 3.01. The third-order valence-corrected chi connectivity index (χ3v) is 5.31. The predicted octanol–water partition coefficient (Wildman–Crippen LogP) is 3.96. The molecule has 158 valence electrons. The lowest BCUT2D eigenvalue weighted by Crippen LogP contribution is -2.33. The summed E-state index contributed by atoms with van der Waals surface area (Å²) >= 11 is 1.35. The quantitative estimate of drug-likeness (QED) is 0.571. The summed E-state index contributed by atoms with van der Waals surface area (Å²) in [7, 11) is 0. The summed E-state index contributed by atoms with van der Waals surface area (Å²) < 4.78 is 1.88. The van der Waals surface area contributed by atoms with Crippen molar-refractivity contribution >= 4 is 29.3 Å². The van der Waals surface area contributed by atoms with Crippen LogP contribution >= 0.6 is 11.8 Å². The number of aryl methyl sites for hydroxylation is 1. The van der Waals surface area contributed by atoms with E-state index in [1.165, 1.54) is 25.1 Å². The van der Waals surface area contributed by atoms with E-state index in [-0.39, 0.29) is 23.6 Å². The highest BCUT2D eigenvalue weighted by Crippen LogP contribution is 2.23. The van der Waals surface area contributed by atoms with Crippen LogP contribution in [0.2, 0.25) is 0 Å². The number of amides is 2. The number of anilines is 1. The number of hydrogen-bond acceptors (Lipinski definition) is 5. The van der Waals surface area contributed by atoms with Crippen molar-refractivity contribution in [2.24, 2.45) is 5.92 Å². The molecule has 0 aliphatic carbocycles. The first-order valence-corrected chi connectivity index (χ1v) is 11.0. The molecule has 1 heterocycles. The van der Waals surface area contributed by atoms with Gasteiger partial charge in [-0.1, -0.05) is 44.5 Å². The largest absolute Gasteiger partial charge is 0.353 e. The highest BCUT2D eigenvalue weighted by molar-refractivity contribution is 7.99. The Balaban J connectivity index is 1.98. The van der Waals surface area contributed by atoms with Crippen LogP contribution in [0.4, 0.5) is 5.69 Å². The van der Waals surface area contributed by atoms with Crippen LogP contribution in [0.15, 0.2) is 29.4 Å². The van der Waals surface area contributed by atoms with E-state index in [0.717, 1.165) is 24.4 Å². The molecule has 1 aromatic carbocycles. The Bertz CT molecular complexity index is 834. The molecule has 2 N–H and O–H groups in total. The third kappa shape index (κ3) is 7.53. The van der Waals surface area contributed by atoms with Crippen molar-refractivity contribution in [3.05, 3.63) is 30.1 Å². The van der Waals surface area contributed by atoms with E-state index in [1.807, 2.05) is 42.7 Å². The van der Waals surface area contributed by atoms with Crippen LogP contribution in [0, 0.1) is 12.8 Å². The maximum atomic E-state index is 12.3. The second-order valence-corrected chi connectivity index (χ2v) is 8.62. The average molecular weight is 418 g/mol. The minimum atomic E-state index is -0.128. The summed E-state index contributed by atoms with van der Waals surface area (Å²) in [5, 5.41) is 14.8. The Labute approximate surface area is 177 Å². The number of carbonyl (C=O) groups is 2. The van der Waals surface area contributed by atoms with Gasteiger partial charge in [-0.3, -0.25) is 14.2 Å². The Kier molecular flexibility index (Phi) is 8.70. The number of hydrogen-bond donors (Lipinski definition) is 2. The van der Waals surface area contributed by atoms with Gasteiger partial charge in [-0.25, -0.2) is 0 Å². The van der Waals surface area contributed by atoms with Crippen molar-refractivity contribution in [2.45, 2.75) is 65.1 Å². The monoisotopic (exact) mass is 417 g/mol. The number of carbonyl (C=O) groups excluding carboxylic acids is 2. The smallest absolute Gasteiger partial charge is 0.230 e. The van der Waals surface area contributed by atoms with Crippen LogP contribution in [0.3, 0.4) is 0 Å². The van der Waals surface area contributed by atoms with Crippen LogP contribution in [0.1, 0.15) is 52.8 Å². The molecule has 0 bridgehead atoms. The van der Waals surface area contributed by atoms with Crippen molar-refractivity contribution in [3.8, 4) is 5.69 Å². The molecule has 0 saturated heterocycles. The van der Waals surface area contributed by atoms with Crippen molar-refractivity contribution in [3.63, 3.8) is 0 Å². The molecule has 2 aromatic rings. The highest BCUT2D eigenvalue weighted by Gasteiger charge is 2.15. The molecule has 0 spiro atoms. The molecule has 7 nitrogen and oxygen atoms in total.